The third-order valence-electron chi connectivity index (χ3n) is 4.63. The first-order valence-corrected chi connectivity index (χ1v) is 7.42. The van der Waals surface area contributed by atoms with E-state index in [-0.39, 0.29) is 25.0 Å². The van der Waals surface area contributed by atoms with E-state index < -0.39 is 24.3 Å². The van der Waals surface area contributed by atoms with Crippen LogP contribution in [0.5, 0.6) is 0 Å². The lowest BCUT2D eigenvalue weighted by molar-refractivity contribution is -0.143. The van der Waals surface area contributed by atoms with E-state index >= 15 is 0 Å². The van der Waals surface area contributed by atoms with E-state index in [1.807, 2.05) is 30.3 Å². The number of carbonyl (C=O) groups excluding carboxylic acids is 1. The lowest BCUT2D eigenvalue weighted by atomic mass is 9.94. The topological polar surface area (TPSA) is 66.8 Å². The van der Waals surface area contributed by atoms with Crippen molar-refractivity contribution in [3.63, 3.8) is 0 Å². The van der Waals surface area contributed by atoms with Crippen molar-refractivity contribution in [2.45, 2.75) is 31.7 Å². The number of alkyl halides is 1. The molecular formula is C16H18FNO4. The second kappa shape index (κ2) is 5.94. The molecule has 1 aliphatic heterocycles. The van der Waals surface area contributed by atoms with Gasteiger partial charge in [0, 0.05) is 12.5 Å². The monoisotopic (exact) mass is 307 g/mol. The first-order chi connectivity index (χ1) is 10.6. The van der Waals surface area contributed by atoms with Crippen LogP contribution in [0.25, 0.3) is 0 Å². The Morgan fingerprint density at radius 3 is 2.64 bits per heavy atom. The van der Waals surface area contributed by atoms with Gasteiger partial charge in [-0.25, -0.2) is 14.0 Å². The Labute approximate surface area is 127 Å². The number of amides is 1. The highest BCUT2D eigenvalue weighted by Crippen LogP contribution is 2.44. The second-order valence-corrected chi connectivity index (χ2v) is 5.90. The minimum atomic E-state index is -1.08. The number of halogens is 1. The number of carboxylic acids is 1. The van der Waals surface area contributed by atoms with Gasteiger partial charge in [-0.1, -0.05) is 30.3 Å². The minimum Gasteiger partial charge on any atom is -0.480 e. The van der Waals surface area contributed by atoms with E-state index in [4.69, 9.17) is 4.74 Å². The number of fused-ring (bicyclic) bond motifs is 1. The van der Waals surface area contributed by atoms with Crippen LogP contribution in [0.4, 0.5) is 9.18 Å². The molecule has 6 heteroatoms. The zero-order chi connectivity index (χ0) is 15.7. The summed E-state index contributed by atoms with van der Waals surface area (Å²) in [5.41, 5.74) is 0.825. The summed E-state index contributed by atoms with van der Waals surface area (Å²) >= 11 is 0. The average Bonchev–Trinajstić information content (AvgIpc) is 3.06. The quantitative estimate of drug-likeness (QED) is 0.931. The maximum Gasteiger partial charge on any atom is 0.410 e. The highest BCUT2D eigenvalue weighted by molar-refractivity contribution is 5.81. The molecular weight excluding hydrogens is 289 g/mol. The summed E-state index contributed by atoms with van der Waals surface area (Å²) in [5.74, 6) is -1.78. The van der Waals surface area contributed by atoms with E-state index in [1.165, 1.54) is 4.90 Å². The van der Waals surface area contributed by atoms with Gasteiger partial charge in [0.1, 0.15) is 18.8 Å². The summed E-state index contributed by atoms with van der Waals surface area (Å²) in [6, 6.07) is 8.17. The van der Waals surface area contributed by atoms with Crippen LogP contribution in [0.15, 0.2) is 30.3 Å². The van der Waals surface area contributed by atoms with Crippen LogP contribution >= 0.6 is 0 Å². The Balaban J connectivity index is 1.67. The average molecular weight is 307 g/mol. The zero-order valence-corrected chi connectivity index (χ0v) is 12.0. The molecule has 0 aromatic heterocycles. The Hall–Kier alpha value is -2.11. The van der Waals surface area contributed by atoms with Gasteiger partial charge in [-0.15, -0.1) is 0 Å². The van der Waals surface area contributed by atoms with Crippen LogP contribution < -0.4 is 0 Å². The molecule has 5 nitrogen and oxygen atoms in total. The van der Waals surface area contributed by atoms with Gasteiger partial charge in [0.2, 0.25) is 0 Å². The number of carboxylic acid groups (broad SMARTS) is 1. The van der Waals surface area contributed by atoms with E-state index in [0.29, 0.717) is 12.8 Å². The maximum absolute atomic E-state index is 13.8. The fraction of sp³-hybridized carbons (Fsp3) is 0.500. The molecule has 22 heavy (non-hydrogen) atoms. The number of hydrogen-bond acceptors (Lipinski definition) is 3. The molecule has 2 fully saturated rings. The lowest BCUT2D eigenvalue weighted by Gasteiger charge is -2.23. The predicted octanol–water partition coefficient (Wildman–Crippen LogP) is 2.46. The van der Waals surface area contributed by atoms with E-state index in [1.54, 1.807) is 0 Å². The van der Waals surface area contributed by atoms with Crippen molar-refractivity contribution >= 4 is 12.1 Å². The van der Waals surface area contributed by atoms with Crippen LogP contribution in [-0.2, 0) is 16.1 Å². The fourth-order valence-electron chi connectivity index (χ4n) is 3.57. The zero-order valence-electron chi connectivity index (χ0n) is 12.0. The number of ether oxygens (including phenoxy) is 1. The number of rotatable bonds is 3. The van der Waals surface area contributed by atoms with Crippen LogP contribution in [0, 0.1) is 11.8 Å². The van der Waals surface area contributed by atoms with Gasteiger partial charge in [-0.2, -0.15) is 0 Å². The third kappa shape index (κ3) is 2.65. The smallest absolute Gasteiger partial charge is 0.410 e. The molecule has 1 amide bonds. The van der Waals surface area contributed by atoms with Crippen molar-refractivity contribution < 1.29 is 23.8 Å². The van der Waals surface area contributed by atoms with Gasteiger partial charge in [0.15, 0.2) is 0 Å². The predicted molar refractivity (Wildman–Crippen MR) is 75.9 cm³/mol. The number of nitrogens with zero attached hydrogens (tertiary/aromatic N) is 1. The first-order valence-electron chi connectivity index (χ1n) is 7.42. The molecule has 0 spiro atoms. The van der Waals surface area contributed by atoms with Gasteiger partial charge in [0.25, 0.3) is 0 Å². The molecule has 1 N–H and O–H groups in total. The molecule has 0 radical (unpaired) electrons. The molecule has 1 aliphatic carbocycles. The minimum absolute atomic E-state index is 0.0803. The van der Waals surface area contributed by atoms with Crippen molar-refractivity contribution in [2.24, 2.45) is 11.8 Å². The van der Waals surface area contributed by atoms with Gasteiger partial charge in [0.05, 0.1) is 0 Å². The van der Waals surface area contributed by atoms with E-state index in [0.717, 1.165) is 5.56 Å². The normalized spacial score (nSPS) is 30.1. The molecule has 1 heterocycles. The second-order valence-electron chi connectivity index (χ2n) is 5.90. The summed E-state index contributed by atoms with van der Waals surface area (Å²) in [6.07, 6.45) is -0.825. The van der Waals surface area contributed by atoms with Crippen molar-refractivity contribution in [1.29, 1.82) is 0 Å². The number of likely N-dealkylation sites (tertiary alicyclic amines) is 1. The van der Waals surface area contributed by atoms with Gasteiger partial charge < -0.3 is 9.84 Å². The van der Waals surface area contributed by atoms with E-state index in [2.05, 4.69) is 0 Å². The van der Waals surface area contributed by atoms with Crippen LogP contribution in [-0.4, -0.2) is 40.8 Å². The van der Waals surface area contributed by atoms with Crippen LogP contribution in [0.3, 0.4) is 0 Å². The first kappa shape index (κ1) is 14.8. The number of aliphatic carboxylic acids is 1. The highest BCUT2D eigenvalue weighted by atomic mass is 19.1. The standard InChI is InChI=1S/C16H18FNO4/c17-13-7-6-11-12(13)8-18(14(11)15(19)20)16(21)22-9-10-4-2-1-3-5-10/h1-5,11-14H,6-9H2,(H,19,20). The number of carbonyl (C=O) groups is 2. The largest absolute Gasteiger partial charge is 0.480 e. The summed E-state index contributed by atoms with van der Waals surface area (Å²) in [7, 11) is 0. The maximum atomic E-state index is 13.8. The molecule has 0 bridgehead atoms. The fourth-order valence-corrected chi connectivity index (χ4v) is 3.57. The van der Waals surface area contributed by atoms with E-state index in [9.17, 15) is 19.1 Å². The molecule has 1 aromatic carbocycles. The number of hydrogen-bond donors (Lipinski definition) is 1. The van der Waals surface area contributed by atoms with Crippen molar-refractivity contribution in [1.82, 2.24) is 4.90 Å². The summed E-state index contributed by atoms with van der Waals surface area (Å²) in [6.45, 7) is 0.202. The summed E-state index contributed by atoms with van der Waals surface area (Å²) in [4.78, 5) is 24.8. The third-order valence-corrected chi connectivity index (χ3v) is 4.63. The molecule has 3 rings (SSSR count). The van der Waals surface area contributed by atoms with Crippen molar-refractivity contribution in [3.8, 4) is 0 Å². The molecule has 1 aromatic rings. The summed E-state index contributed by atoms with van der Waals surface area (Å²) in [5, 5.41) is 9.38. The summed E-state index contributed by atoms with van der Waals surface area (Å²) < 4.78 is 19.0. The lowest BCUT2D eigenvalue weighted by Crippen LogP contribution is -2.43. The molecule has 4 unspecified atom stereocenters. The van der Waals surface area contributed by atoms with Gasteiger partial charge in [-0.3, -0.25) is 4.90 Å². The Kier molecular flexibility index (Phi) is 4.00. The van der Waals surface area contributed by atoms with Gasteiger partial charge >= 0.3 is 12.1 Å². The number of benzene rings is 1. The SMILES string of the molecule is O=C(O)C1C2CCC(F)C2CN1C(=O)OCc1ccccc1. The Bertz CT molecular complexity index is 565. The van der Waals surface area contributed by atoms with Crippen molar-refractivity contribution in [2.75, 3.05) is 6.54 Å². The van der Waals surface area contributed by atoms with Crippen LogP contribution in [0.1, 0.15) is 18.4 Å². The molecule has 118 valence electrons. The van der Waals surface area contributed by atoms with Crippen LogP contribution in [0.2, 0.25) is 0 Å². The molecule has 2 aliphatic rings. The Morgan fingerprint density at radius 1 is 1.23 bits per heavy atom. The van der Waals surface area contributed by atoms with Crippen molar-refractivity contribution in [3.05, 3.63) is 35.9 Å². The molecule has 1 saturated heterocycles. The molecule has 1 saturated carbocycles. The Morgan fingerprint density at radius 2 is 1.95 bits per heavy atom. The highest BCUT2D eigenvalue weighted by Gasteiger charge is 2.54. The van der Waals surface area contributed by atoms with Gasteiger partial charge in [-0.05, 0) is 24.3 Å². The molecule has 4 atom stereocenters.